The zero-order chi connectivity index (χ0) is 18.0. The van der Waals surface area contributed by atoms with Gasteiger partial charge in [-0.15, -0.1) is 10.2 Å². The van der Waals surface area contributed by atoms with Gasteiger partial charge >= 0.3 is 0 Å². The number of aromatic hydroxyl groups is 1. The van der Waals surface area contributed by atoms with Crippen molar-refractivity contribution in [1.82, 2.24) is 0 Å². The van der Waals surface area contributed by atoms with Gasteiger partial charge in [0.05, 0.1) is 24.5 Å². The van der Waals surface area contributed by atoms with Crippen molar-refractivity contribution in [2.24, 2.45) is 0 Å². The first kappa shape index (κ1) is 17.4. The van der Waals surface area contributed by atoms with Gasteiger partial charge in [0, 0.05) is 22.8 Å². The van der Waals surface area contributed by atoms with E-state index < -0.39 is 10.2 Å². The smallest absolute Gasteiger partial charge is 0.194 e. The van der Waals surface area contributed by atoms with Crippen molar-refractivity contribution in [3.8, 4) is 16.9 Å². The number of pyridine rings is 1. The minimum Gasteiger partial charge on any atom is -0.508 e. The van der Waals surface area contributed by atoms with E-state index >= 15 is 0 Å². The molecule has 3 aromatic rings. The Balaban J connectivity index is 0.000000324. The number of benzene rings is 1. The first-order valence-corrected chi connectivity index (χ1v) is 8.52. The second-order valence-corrected chi connectivity index (χ2v) is 6.23. The zero-order valence-corrected chi connectivity index (χ0v) is 13.7. The standard InChI is InChI=1S/C17H13NO2.ClHO4/c19-17-5-1-3-12-10-18-7-2-4-14(13-6-8-20-11-13)16(18)9-15(12)17;2-1(3,4)5/h1-8,11H,9-10H2;(H,2,3,4,5). The van der Waals surface area contributed by atoms with E-state index in [1.165, 1.54) is 11.3 Å². The minimum absolute atomic E-state index is 0.385. The fourth-order valence-electron chi connectivity index (χ4n) is 2.93. The maximum Gasteiger partial charge on any atom is 0.194 e. The van der Waals surface area contributed by atoms with Crippen molar-refractivity contribution < 1.29 is 43.0 Å². The molecule has 0 spiro atoms. The fraction of sp³-hybridized carbons (Fsp3) is 0.118. The Morgan fingerprint density at radius 1 is 1.04 bits per heavy atom. The molecule has 0 radical (unpaired) electrons. The van der Waals surface area contributed by atoms with Crippen LogP contribution < -0.4 is 23.2 Å². The molecule has 8 heteroatoms. The highest BCUT2D eigenvalue weighted by atomic mass is 35.7. The highest BCUT2D eigenvalue weighted by Crippen LogP contribution is 2.31. The molecule has 1 N–H and O–H groups in total. The molecule has 3 heterocycles. The Labute approximate surface area is 145 Å². The van der Waals surface area contributed by atoms with Crippen molar-refractivity contribution in [3.05, 3.63) is 71.9 Å². The van der Waals surface area contributed by atoms with Crippen LogP contribution in [0.25, 0.3) is 11.1 Å². The Bertz CT molecular complexity index is 867. The Morgan fingerprint density at radius 3 is 2.48 bits per heavy atom. The largest absolute Gasteiger partial charge is 0.508 e. The number of rotatable bonds is 1. The van der Waals surface area contributed by atoms with E-state index in [-0.39, 0.29) is 0 Å². The Kier molecular flexibility index (Phi) is 4.76. The number of fused-ring (bicyclic) bond motifs is 2. The van der Waals surface area contributed by atoms with Crippen LogP contribution in [0.5, 0.6) is 5.75 Å². The van der Waals surface area contributed by atoms with Crippen molar-refractivity contribution in [2.75, 3.05) is 0 Å². The van der Waals surface area contributed by atoms with Gasteiger partial charge in [0.15, 0.2) is 18.4 Å². The summed E-state index contributed by atoms with van der Waals surface area (Å²) < 4.78 is 41.4. The predicted molar refractivity (Wildman–Crippen MR) is 74.4 cm³/mol. The van der Waals surface area contributed by atoms with Gasteiger partial charge in [0.25, 0.3) is 0 Å². The van der Waals surface area contributed by atoms with Gasteiger partial charge in [-0.3, -0.25) is 0 Å². The molecule has 0 unspecified atom stereocenters. The van der Waals surface area contributed by atoms with E-state index in [1.54, 1.807) is 18.6 Å². The van der Waals surface area contributed by atoms with Gasteiger partial charge in [-0.1, -0.05) is 12.1 Å². The van der Waals surface area contributed by atoms with Gasteiger partial charge in [0.2, 0.25) is 0 Å². The average molecular weight is 364 g/mol. The van der Waals surface area contributed by atoms with Crippen LogP contribution in [0.2, 0.25) is 0 Å². The van der Waals surface area contributed by atoms with Gasteiger partial charge < -0.3 is 9.52 Å². The highest BCUT2D eigenvalue weighted by molar-refractivity contribution is 5.64. The summed E-state index contributed by atoms with van der Waals surface area (Å²) in [5, 5.41) is 10.1. The van der Waals surface area contributed by atoms with E-state index in [0.717, 1.165) is 29.7 Å². The molecule has 0 fully saturated rings. The first-order valence-electron chi connectivity index (χ1n) is 7.28. The molecule has 1 aromatic carbocycles. The summed E-state index contributed by atoms with van der Waals surface area (Å²) in [6.07, 6.45) is 6.28. The number of halogens is 1. The summed E-state index contributed by atoms with van der Waals surface area (Å²) in [5.74, 6) is 0.385. The molecule has 0 aliphatic carbocycles. The van der Waals surface area contributed by atoms with E-state index in [0.29, 0.717) is 5.75 Å². The zero-order valence-electron chi connectivity index (χ0n) is 12.9. The van der Waals surface area contributed by atoms with E-state index in [9.17, 15) is 5.11 Å². The molecule has 130 valence electrons. The van der Waals surface area contributed by atoms with Crippen LogP contribution >= 0.6 is 0 Å². The van der Waals surface area contributed by atoms with Crippen molar-refractivity contribution in [1.29, 1.82) is 0 Å². The normalized spacial score (nSPS) is 12.6. The van der Waals surface area contributed by atoms with Gasteiger partial charge in [-0.2, -0.15) is 4.57 Å². The second-order valence-electron chi connectivity index (χ2n) is 5.48. The summed E-state index contributed by atoms with van der Waals surface area (Å²) in [5.41, 5.74) is 5.67. The number of phenolic OH excluding ortho intramolecular Hbond substituents is 1. The van der Waals surface area contributed by atoms with Crippen LogP contribution in [-0.4, -0.2) is 5.11 Å². The van der Waals surface area contributed by atoms with E-state index in [1.807, 2.05) is 12.1 Å². The highest BCUT2D eigenvalue weighted by Gasteiger charge is 2.27. The predicted octanol–water partition coefficient (Wildman–Crippen LogP) is -1.86. The Hall–Kier alpha value is -2.42. The molecule has 7 nitrogen and oxygen atoms in total. The average Bonchev–Trinajstić information content (AvgIpc) is 3.06. The van der Waals surface area contributed by atoms with Crippen LogP contribution in [0.1, 0.15) is 16.8 Å². The number of hydrogen-bond donors (Lipinski definition) is 1. The SMILES string of the molecule is Oc1cccc2c1Cc1c(-c3ccoc3)ccc[n+]1C2.[O-][Cl+3]([O-])([O-])[O-]. The Morgan fingerprint density at radius 2 is 1.80 bits per heavy atom. The fourth-order valence-corrected chi connectivity index (χ4v) is 2.93. The van der Waals surface area contributed by atoms with Crippen molar-refractivity contribution >= 4 is 0 Å². The molecule has 0 bridgehead atoms. The third kappa shape index (κ3) is 4.16. The number of phenols is 1. The molecule has 25 heavy (non-hydrogen) atoms. The molecular weight excluding hydrogens is 350 g/mol. The lowest BCUT2D eigenvalue weighted by atomic mass is 9.93. The van der Waals surface area contributed by atoms with Crippen LogP contribution in [-0.2, 0) is 13.0 Å². The molecule has 0 atom stereocenters. The first-order chi connectivity index (χ1) is 11.8. The van der Waals surface area contributed by atoms with E-state index in [2.05, 4.69) is 29.0 Å². The lowest BCUT2D eigenvalue weighted by Gasteiger charge is -2.17. The van der Waals surface area contributed by atoms with Crippen molar-refractivity contribution in [3.63, 3.8) is 0 Å². The molecule has 2 aromatic heterocycles. The summed E-state index contributed by atoms with van der Waals surface area (Å²) in [4.78, 5) is 0. The van der Waals surface area contributed by atoms with E-state index in [4.69, 9.17) is 23.1 Å². The number of furan rings is 1. The summed E-state index contributed by atoms with van der Waals surface area (Å²) >= 11 is 0. The maximum atomic E-state index is 10.1. The monoisotopic (exact) mass is 363 g/mol. The van der Waals surface area contributed by atoms with Gasteiger partial charge in [0.1, 0.15) is 5.75 Å². The van der Waals surface area contributed by atoms with Crippen LogP contribution in [0.4, 0.5) is 0 Å². The summed E-state index contributed by atoms with van der Waals surface area (Å²) in [6, 6.07) is 11.9. The van der Waals surface area contributed by atoms with Crippen LogP contribution in [0, 0.1) is 10.2 Å². The summed E-state index contributed by atoms with van der Waals surface area (Å²) in [7, 11) is -4.94. The lowest BCUT2D eigenvalue weighted by Crippen LogP contribution is -2.68. The molecule has 0 amide bonds. The van der Waals surface area contributed by atoms with Crippen LogP contribution in [0.15, 0.2) is 59.5 Å². The topological polar surface area (TPSA) is 129 Å². The maximum absolute atomic E-state index is 10.1. The number of hydrogen-bond acceptors (Lipinski definition) is 6. The molecular formula is C17H14ClNO6. The molecule has 4 rings (SSSR count). The second kappa shape index (κ2) is 6.83. The van der Waals surface area contributed by atoms with Crippen LogP contribution in [0.3, 0.4) is 0 Å². The third-order valence-electron chi connectivity index (χ3n) is 3.95. The quantitative estimate of drug-likeness (QED) is 0.395. The third-order valence-corrected chi connectivity index (χ3v) is 3.95. The molecule has 1 aliphatic heterocycles. The number of nitrogens with zero attached hydrogens (tertiary/aromatic N) is 1. The molecule has 0 saturated heterocycles. The number of aromatic nitrogens is 1. The van der Waals surface area contributed by atoms with Crippen molar-refractivity contribution in [2.45, 2.75) is 13.0 Å². The van der Waals surface area contributed by atoms with Gasteiger partial charge in [-0.25, -0.2) is 18.6 Å². The lowest BCUT2D eigenvalue weighted by molar-refractivity contribution is -2.00. The minimum atomic E-state index is -4.94. The molecule has 1 aliphatic rings. The summed E-state index contributed by atoms with van der Waals surface area (Å²) in [6.45, 7) is 0.796. The molecule has 0 saturated carbocycles. The van der Waals surface area contributed by atoms with Gasteiger partial charge in [-0.05, 0) is 18.2 Å².